The predicted molar refractivity (Wildman–Crippen MR) is 136 cm³/mol. The first-order valence-electron chi connectivity index (χ1n) is 13.1. The molecule has 0 aliphatic heterocycles. The van der Waals surface area contributed by atoms with Gasteiger partial charge in [0.1, 0.15) is 11.5 Å². The first-order chi connectivity index (χ1) is 17.8. The van der Waals surface area contributed by atoms with Crippen molar-refractivity contribution in [2.75, 3.05) is 0 Å². The van der Waals surface area contributed by atoms with Crippen LogP contribution < -0.4 is 4.74 Å². The number of benzene rings is 3. The second-order valence-corrected chi connectivity index (χ2v) is 11.3. The molecule has 0 atom stereocenters. The van der Waals surface area contributed by atoms with Gasteiger partial charge in [-0.15, -0.1) is 0 Å². The number of fused-ring (bicyclic) bond motifs is 1. The van der Waals surface area contributed by atoms with Crippen LogP contribution in [0.25, 0.3) is 22.3 Å². The summed E-state index contributed by atoms with van der Waals surface area (Å²) in [5.74, 6) is 4.40. The fraction of sp³-hybridized carbons (Fsp3) is 0.355. The molecule has 0 spiro atoms. The molecule has 4 aromatic rings. The van der Waals surface area contributed by atoms with E-state index in [0.29, 0.717) is 11.4 Å². The summed E-state index contributed by atoms with van der Waals surface area (Å²) in [6.45, 7) is 0. The Kier molecular flexibility index (Phi) is 5.11. The maximum absolute atomic E-state index is 13.0. The Morgan fingerprint density at radius 1 is 0.811 bits per heavy atom. The zero-order valence-corrected chi connectivity index (χ0v) is 20.3. The molecule has 8 rings (SSSR count). The van der Waals surface area contributed by atoms with Gasteiger partial charge in [0.25, 0.3) is 0 Å². The molecule has 4 fully saturated rings. The Hall–Kier alpha value is -3.41. The van der Waals surface area contributed by atoms with E-state index in [1.165, 1.54) is 56.2 Å². The molecule has 4 bridgehead atoms. The van der Waals surface area contributed by atoms with Crippen LogP contribution in [0.3, 0.4) is 0 Å². The summed E-state index contributed by atoms with van der Waals surface area (Å²) < 4.78 is 45.6. The van der Waals surface area contributed by atoms with Crippen LogP contribution in [-0.2, 0) is 11.6 Å². The van der Waals surface area contributed by atoms with Gasteiger partial charge in [-0.05, 0) is 92.0 Å². The molecule has 0 N–H and O–H groups in total. The molecule has 0 saturated heterocycles. The van der Waals surface area contributed by atoms with Gasteiger partial charge in [0, 0.05) is 28.8 Å². The average Bonchev–Trinajstić information content (AvgIpc) is 2.87. The summed E-state index contributed by atoms with van der Waals surface area (Å²) in [6.07, 6.45) is 5.14. The Morgan fingerprint density at radius 3 is 2.08 bits per heavy atom. The van der Waals surface area contributed by atoms with Gasteiger partial charge in [0.15, 0.2) is 5.82 Å². The van der Waals surface area contributed by atoms with Gasteiger partial charge < -0.3 is 4.74 Å². The number of rotatable bonds is 4. The Bertz CT molecular complexity index is 1430. The van der Waals surface area contributed by atoms with Crippen molar-refractivity contribution in [2.24, 2.45) is 17.8 Å². The van der Waals surface area contributed by atoms with Gasteiger partial charge in [-0.1, -0.05) is 30.3 Å². The van der Waals surface area contributed by atoms with Crippen LogP contribution >= 0.6 is 0 Å². The lowest BCUT2D eigenvalue weighted by molar-refractivity contribution is -0.137. The third-order valence-electron chi connectivity index (χ3n) is 8.73. The molecule has 6 heteroatoms. The molecule has 1 heterocycles. The van der Waals surface area contributed by atoms with Gasteiger partial charge >= 0.3 is 6.18 Å². The van der Waals surface area contributed by atoms with E-state index in [2.05, 4.69) is 11.1 Å². The summed E-state index contributed by atoms with van der Waals surface area (Å²) in [5.41, 5.74) is 1.97. The molecule has 3 nitrogen and oxygen atoms in total. The van der Waals surface area contributed by atoms with Crippen LogP contribution in [0.5, 0.6) is 11.5 Å². The van der Waals surface area contributed by atoms with Crippen LogP contribution in [0.1, 0.15) is 49.7 Å². The van der Waals surface area contributed by atoms with Gasteiger partial charge in [-0.25, -0.2) is 9.97 Å². The number of halogens is 3. The average molecular weight is 501 g/mol. The van der Waals surface area contributed by atoms with Gasteiger partial charge in [-0.3, -0.25) is 0 Å². The van der Waals surface area contributed by atoms with E-state index in [1.807, 2.05) is 36.4 Å². The number of nitrogens with zero attached hydrogens (tertiary/aromatic N) is 2. The number of aromatic nitrogens is 2. The highest BCUT2D eigenvalue weighted by Gasteiger charge is 2.52. The summed E-state index contributed by atoms with van der Waals surface area (Å²) in [4.78, 5) is 9.29. The smallest absolute Gasteiger partial charge is 0.416 e. The molecular formula is C31H27F3N2O. The molecular weight excluding hydrogens is 473 g/mol. The lowest BCUT2D eigenvalue weighted by atomic mass is 9.48. The highest BCUT2D eigenvalue weighted by Crippen LogP contribution is 2.62. The van der Waals surface area contributed by atoms with Crippen molar-refractivity contribution in [2.45, 2.75) is 50.1 Å². The quantitative estimate of drug-likeness (QED) is 0.281. The molecule has 0 unspecified atom stereocenters. The molecule has 1 aromatic heterocycles. The first kappa shape index (κ1) is 22.8. The van der Waals surface area contributed by atoms with Crippen LogP contribution in [0.15, 0.2) is 72.9 Å². The molecule has 3 aromatic carbocycles. The highest BCUT2D eigenvalue weighted by atomic mass is 19.4. The van der Waals surface area contributed by atoms with Crippen molar-refractivity contribution in [3.8, 4) is 22.9 Å². The second-order valence-electron chi connectivity index (χ2n) is 11.3. The second kappa shape index (κ2) is 8.30. The third-order valence-corrected chi connectivity index (χ3v) is 8.73. The number of ether oxygens (including phenoxy) is 1. The van der Waals surface area contributed by atoms with Gasteiger partial charge in [0.05, 0.1) is 11.1 Å². The maximum atomic E-state index is 13.0. The van der Waals surface area contributed by atoms with E-state index in [1.54, 1.807) is 6.20 Å². The molecule has 37 heavy (non-hydrogen) atoms. The number of hydrogen-bond acceptors (Lipinski definition) is 3. The van der Waals surface area contributed by atoms with Crippen molar-refractivity contribution in [1.82, 2.24) is 9.97 Å². The molecule has 4 saturated carbocycles. The summed E-state index contributed by atoms with van der Waals surface area (Å²) in [7, 11) is 0. The molecule has 4 aliphatic carbocycles. The minimum absolute atomic E-state index is 0.124. The van der Waals surface area contributed by atoms with Crippen molar-refractivity contribution in [3.05, 3.63) is 84.1 Å². The maximum Gasteiger partial charge on any atom is 0.416 e. The Morgan fingerprint density at radius 2 is 1.46 bits per heavy atom. The zero-order chi connectivity index (χ0) is 25.2. The van der Waals surface area contributed by atoms with Crippen LogP contribution in [-0.4, -0.2) is 9.97 Å². The summed E-state index contributed by atoms with van der Waals surface area (Å²) in [5, 5.41) is 0.932. The van der Waals surface area contributed by atoms with Crippen molar-refractivity contribution in [3.63, 3.8) is 0 Å². The largest absolute Gasteiger partial charge is 0.457 e. The SMILES string of the molecule is FC(F)(F)c1ccc(-c2ncc3cc(C45CC6CC(CC(C6)C4)C5)c(Oc4ccccc4)cc3n2)cc1. The zero-order valence-electron chi connectivity index (χ0n) is 20.3. The van der Waals surface area contributed by atoms with E-state index in [9.17, 15) is 13.2 Å². The van der Waals surface area contributed by atoms with Crippen molar-refractivity contribution < 1.29 is 17.9 Å². The topological polar surface area (TPSA) is 35.0 Å². The minimum Gasteiger partial charge on any atom is -0.457 e. The molecule has 188 valence electrons. The van der Waals surface area contributed by atoms with E-state index in [4.69, 9.17) is 9.72 Å². The first-order valence-corrected chi connectivity index (χ1v) is 13.1. The van der Waals surface area contributed by atoms with Gasteiger partial charge in [0.2, 0.25) is 0 Å². The number of hydrogen-bond donors (Lipinski definition) is 0. The summed E-state index contributed by atoms with van der Waals surface area (Å²) >= 11 is 0. The van der Waals surface area contributed by atoms with Crippen molar-refractivity contribution >= 4 is 10.9 Å². The normalized spacial score (nSPS) is 26.5. The lowest BCUT2D eigenvalue weighted by Gasteiger charge is -2.57. The standard InChI is InChI=1S/C31H27F3N2O/c32-31(33,34)24-8-6-22(7-9-24)29-35-18-23-13-26(30-15-19-10-20(16-30)12-21(11-19)17-30)28(14-27(23)36-29)37-25-4-2-1-3-5-25/h1-9,13-14,18-21H,10-12,15-17H2. The monoisotopic (exact) mass is 500 g/mol. The molecule has 4 aliphatic rings. The van der Waals surface area contributed by atoms with Crippen molar-refractivity contribution in [1.29, 1.82) is 0 Å². The number of alkyl halides is 3. The third kappa shape index (κ3) is 4.07. The Labute approximate surface area is 213 Å². The van der Waals surface area contributed by atoms with Crippen LogP contribution in [0.4, 0.5) is 13.2 Å². The van der Waals surface area contributed by atoms with E-state index in [0.717, 1.165) is 52.3 Å². The fourth-order valence-electron chi connectivity index (χ4n) is 7.56. The van der Waals surface area contributed by atoms with Crippen LogP contribution in [0, 0.1) is 17.8 Å². The van der Waals surface area contributed by atoms with E-state index in [-0.39, 0.29) is 5.41 Å². The van der Waals surface area contributed by atoms with Crippen LogP contribution in [0.2, 0.25) is 0 Å². The molecule has 0 amide bonds. The highest BCUT2D eigenvalue weighted by molar-refractivity contribution is 5.83. The summed E-state index contributed by atoms with van der Waals surface area (Å²) in [6, 6.07) is 19.0. The lowest BCUT2D eigenvalue weighted by Crippen LogP contribution is -2.48. The van der Waals surface area contributed by atoms with Gasteiger partial charge in [-0.2, -0.15) is 13.2 Å². The number of para-hydroxylation sites is 1. The Balaban J connectivity index is 1.33. The predicted octanol–water partition coefficient (Wildman–Crippen LogP) is 8.58. The minimum atomic E-state index is -4.37. The van der Waals surface area contributed by atoms with E-state index < -0.39 is 11.7 Å². The van der Waals surface area contributed by atoms with E-state index >= 15 is 0 Å². The fourth-order valence-corrected chi connectivity index (χ4v) is 7.56. The molecule has 0 radical (unpaired) electrons.